The second-order valence-electron chi connectivity index (χ2n) is 7.29. The summed E-state index contributed by atoms with van der Waals surface area (Å²) < 4.78 is 11.8. The summed E-state index contributed by atoms with van der Waals surface area (Å²) >= 11 is 0. The van der Waals surface area contributed by atoms with E-state index in [1.807, 2.05) is 12.1 Å². The molecule has 0 radical (unpaired) electrons. The first-order chi connectivity index (χ1) is 13.8. The Morgan fingerprint density at radius 3 is 2.39 bits per heavy atom. The van der Waals surface area contributed by atoms with Gasteiger partial charge in [0.1, 0.15) is 0 Å². The molecule has 1 heterocycles. The van der Waals surface area contributed by atoms with Crippen LogP contribution in [-0.2, 0) is 13.0 Å². The van der Waals surface area contributed by atoms with Crippen LogP contribution in [-0.4, -0.2) is 62.8 Å². The highest BCUT2D eigenvalue weighted by Gasteiger charge is 2.19. The number of hydrogen-bond donors (Lipinski definition) is 1. The summed E-state index contributed by atoms with van der Waals surface area (Å²) in [5, 5.41) is 0. The van der Waals surface area contributed by atoms with Crippen LogP contribution < -0.4 is 15.2 Å². The maximum Gasteiger partial charge on any atom is 0.165 e. The molecule has 5 nitrogen and oxygen atoms in total. The van der Waals surface area contributed by atoms with Crippen LogP contribution >= 0.6 is 0 Å². The number of nitrogens with two attached hydrogens (primary N) is 1. The molecule has 1 aliphatic rings. The Balaban J connectivity index is 1.58. The molecule has 2 aromatic rings. The number of hydrogen-bond acceptors (Lipinski definition) is 5. The van der Waals surface area contributed by atoms with E-state index in [4.69, 9.17) is 15.2 Å². The zero-order valence-electron chi connectivity index (χ0n) is 17.0. The fourth-order valence-corrected chi connectivity index (χ4v) is 3.65. The van der Waals surface area contributed by atoms with Gasteiger partial charge in [-0.2, -0.15) is 0 Å². The van der Waals surface area contributed by atoms with E-state index in [1.165, 1.54) is 11.1 Å². The molecule has 1 fully saturated rings. The number of piperazine rings is 1. The molecule has 0 aromatic heterocycles. The molecule has 1 saturated heterocycles. The van der Waals surface area contributed by atoms with E-state index < -0.39 is 0 Å². The Kier molecular flexibility index (Phi) is 8.15. The second kappa shape index (κ2) is 11.1. The van der Waals surface area contributed by atoms with Crippen LogP contribution in [0, 0.1) is 0 Å². The van der Waals surface area contributed by atoms with Gasteiger partial charge in [0.25, 0.3) is 0 Å². The van der Waals surface area contributed by atoms with Crippen molar-refractivity contribution >= 4 is 0 Å². The first-order valence-corrected chi connectivity index (χ1v) is 10.3. The number of rotatable bonds is 10. The van der Waals surface area contributed by atoms with Gasteiger partial charge in [-0.15, -0.1) is 0 Å². The largest absolute Gasteiger partial charge is 0.493 e. The average molecular weight is 384 g/mol. The quantitative estimate of drug-likeness (QED) is 0.684. The van der Waals surface area contributed by atoms with Crippen molar-refractivity contribution in [2.75, 3.05) is 53.0 Å². The van der Waals surface area contributed by atoms with Gasteiger partial charge in [0.05, 0.1) is 13.7 Å². The fourth-order valence-electron chi connectivity index (χ4n) is 3.65. The normalized spacial score (nSPS) is 15.5. The average Bonchev–Trinajstić information content (AvgIpc) is 2.75. The smallest absolute Gasteiger partial charge is 0.165 e. The second-order valence-corrected chi connectivity index (χ2v) is 7.29. The third kappa shape index (κ3) is 5.96. The highest BCUT2D eigenvalue weighted by Crippen LogP contribution is 2.32. The lowest BCUT2D eigenvalue weighted by molar-refractivity contribution is 0.125. The standard InChI is InChI=1S/C23H33N3O2/c1-27-22-10-5-9-21(19-26-16-14-25(15-17-26)13-6-12-24)23(22)28-18-11-20-7-3-2-4-8-20/h2-5,7-10H,6,11-19,24H2,1H3. The zero-order valence-corrected chi connectivity index (χ0v) is 17.0. The van der Waals surface area contributed by atoms with Gasteiger partial charge in [-0.25, -0.2) is 0 Å². The first-order valence-electron chi connectivity index (χ1n) is 10.3. The van der Waals surface area contributed by atoms with Gasteiger partial charge in [0.15, 0.2) is 11.5 Å². The van der Waals surface area contributed by atoms with Gasteiger partial charge < -0.3 is 20.1 Å². The van der Waals surface area contributed by atoms with Crippen molar-refractivity contribution < 1.29 is 9.47 Å². The number of methoxy groups -OCH3 is 1. The molecule has 0 unspecified atom stereocenters. The van der Waals surface area contributed by atoms with E-state index in [9.17, 15) is 0 Å². The number of benzene rings is 2. The molecule has 0 aliphatic carbocycles. The van der Waals surface area contributed by atoms with Crippen molar-refractivity contribution in [2.24, 2.45) is 5.73 Å². The molecule has 1 aliphatic heterocycles. The summed E-state index contributed by atoms with van der Waals surface area (Å²) in [6.07, 6.45) is 1.97. The lowest BCUT2D eigenvalue weighted by atomic mass is 10.1. The van der Waals surface area contributed by atoms with Gasteiger partial charge in [0.2, 0.25) is 0 Å². The Morgan fingerprint density at radius 1 is 0.929 bits per heavy atom. The Morgan fingerprint density at radius 2 is 1.68 bits per heavy atom. The Bertz CT molecular complexity index is 700. The van der Waals surface area contributed by atoms with E-state index in [0.717, 1.165) is 70.2 Å². The van der Waals surface area contributed by atoms with Crippen molar-refractivity contribution in [3.8, 4) is 11.5 Å². The minimum absolute atomic E-state index is 0.643. The molecule has 0 amide bonds. The summed E-state index contributed by atoms with van der Waals surface area (Å²) in [5.41, 5.74) is 8.12. The SMILES string of the molecule is COc1cccc(CN2CCN(CCCN)CC2)c1OCCc1ccccc1. The fraction of sp³-hybridized carbons (Fsp3) is 0.478. The third-order valence-electron chi connectivity index (χ3n) is 5.30. The molecule has 0 spiro atoms. The van der Waals surface area contributed by atoms with Crippen LogP contribution in [0.25, 0.3) is 0 Å². The molecule has 2 aromatic carbocycles. The number of para-hydroxylation sites is 1. The van der Waals surface area contributed by atoms with Crippen molar-refractivity contribution in [3.63, 3.8) is 0 Å². The van der Waals surface area contributed by atoms with Gasteiger partial charge in [-0.3, -0.25) is 4.90 Å². The Hall–Kier alpha value is -2.08. The predicted molar refractivity (Wildman–Crippen MR) is 114 cm³/mol. The molecular weight excluding hydrogens is 350 g/mol. The molecule has 5 heteroatoms. The van der Waals surface area contributed by atoms with Gasteiger partial charge in [-0.05, 0) is 31.1 Å². The summed E-state index contributed by atoms with van der Waals surface area (Å²) in [4.78, 5) is 5.00. The van der Waals surface area contributed by atoms with Crippen LogP contribution in [0.5, 0.6) is 11.5 Å². The van der Waals surface area contributed by atoms with Crippen molar-refractivity contribution in [2.45, 2.75) is 19.4 Å². The molecule has 0 atom stereocenters. The lowest BCUT2D eigenvalue weighted by Crippen LogP contribution is -2.46. The van der Waals surface area contributed by atoms with Crippen molar-refractivity contribution in [1.82, 2.24) is 9.80 Å². The number of nitrogens with zero attached hydrogens (tertiary/aromatic N) is 2. The van der Waals surface area contributed by atoms with Crippen LogP contribution in [0.4, 0.5) is 0 Å². The van der Waals surface area contributed by atoms with Crippen LogP contribution in [0.2, 0.25) is 0 Å². The van der Waals surface area contributed by atoms with E-state index in [1.54, 1.807) is 7.11 Å². The van der Waals surface area contributed by atoms with Gasteiger partial charge >= 0.3 is 0 Å². The topological polar surface area (TPSA) is 51.0 Å². The monoisotopic (exact) mass is 383 g/mol. The third-order valence-corrected chi connectivity index (χ3v) is 5.30. The highest BCUT2D eigenvalue weighted by atomic mass is 16.5. The minimum Gasteiger partial charge on any atom is -0.493 e. The Labute approximate surface area is 169 Å². The molecule has 2 N–H and O–H groups in total. The summed E-state index contributed by atoms with van der Waals surface area (Å²) in [6.45, 7) is 7.77. The zero-order chi connectivity index (χ0) is 19.6. The summed E-state index contributed by atoms with van der Waals surface area (Å²) in [5.74, 6) is 1.69. The first kappa shape index (κ1) is 20.6. The van der Waals surface area contributed by atoms with Crippen LogP contribution in [0.15, 0.2) is 48.5 Å². The van der Waals surface area contributed by atoms with Crippen molar-refractivity contribution in [1.29, 1.82) is 0 Å². The van der Waals surface area contributed by atoms with Gasteiger partial charge in [0, 0.05) is 44.7 Å². The van der Waals surface area contributed by atoms with Crippen LogP contribution in [0.3, 0.4) is 0 Å². The molecule has 28 heavy (non-hydrogen) atoms. The maximum atomic E-state index is 6.20. The molecule has 3 rings (SSSR count). The van der Waals surface area contributed by atoms with Gasteiger partial charge in [-0.1, -0.05) is 42.5 Å². The summed E-state index contributed by atoms with van der Waals surface area (Å²) in [7, 11) is 1.71. The van der Waals surface area contributed by atoms with E-state index >= 15 is 0 Å². The molecule has 152 valence electrons. The highest BCUT2D eigenvalue weighted by molar-refractivity contribution is 5.46. The maximum absolute atomic E-state index is 6.20. The van der Waals surface area contributed by atoms with Crippen LogP contribution in [0.1, 0.15) is 17.5 Å². The van der Waals surface area contributed by atoms with E-state index in [-0.39, 0.29) is 0 Å². The van der Waals surface area contributed by atoms with Crippen molar-refractivity contribution in [3.05, 3.63) is 59.7 Å². The summed E-state index contributed by atoms with van der Waals surface area (Å²) in [6, 6.07) is 16.6. The minimum atomic E-state index is 0.643. The molecular formula is C23H33N3O2. The molecule has 0 bridgehead atoms. The predicted octanol–water partition coefficient (Wildman–Crippen LogP) is 2.78. The van der Waals surface area contributed by atoms with E-state index in [0.29, 0.717) is 6.61 Å². The van der Waals surface area contributed by atoms with E-state index in [2.05, 4.69) is 46.2 Å². The molecule has 0 saturated carbocycles. The lowest BCUT2D eigenvalue weighted by Gasteiger charge is -2.35. The number of ether oxygens (including phenoxy) is 2.